The Morgan fingerprint density at radius 1 is 1.19 bits per heavy atom. The summed E-state index contributed by atoms with van der Waals surface area (Å²) in [5.74, 6) is 0. The van der Waals surface area contributed by atoms with Crippen LogP contribution in [-0.2, 0) is 11.3 Å². The van der Waals surface area contributed by atoms with E-state index in [1.54, 1.807) is 6.07 Å². The Morgan fingerprint density at radius 3 is 2.62 bits per heavy atom. The van der Waals surface area contributed by atoms with Crippen molar-refractivity contribution in [2.45, 2.75) is 51.2 Å². The molecule has 0 aromatic carbocycles. The molecule has 1 fully saturated rings. The Hall–Kier alpha value is -0.600. The highest BCUT2D eigenvalue weighted by Crippen LogP contribution is 2.20. The molecule has 1 aromatic rings. The van der Waals surface area contributed by atoms with Crippen molar-refractivity contribution < 1.29 is 4.74 Å². The molecule has 1 aliphatic carbocycles. The lowest BCUT2D eigenvalue weighted by molar-refractivity contribution is 0.0292. The molecule has 16 heavy (non-hydrogen) atoms. The van der Waals surface area contributed by atoms with Crippen molar-refractivity contribution in [2.24, 2.45) is 0 Å². The Labute approximate surface area is 102 Å². The van der Waals surface area contributed by atoms with Crippen molar-refractivity contribution >= 4 is 11.6 Å². The summed E-state index contributed by atoms with van der Waals surface area (Å²) < 4.78 is 5.88. The number of aromatic nitrogens is 1. The minimum absolute atomic E-state index is 0.420. The Bertz CT molecular complexity index is 321. The van der Waals surface area contributed by atoms with Crippen molar-refractivity contribution in [2.75, 3.05) is 0 Å². The summed E-state index contributed by atoms with van der Waals surface area (Å²) in [6, 6.07) is 5.67. The van der Waals surface area contributed by atoms with Gasteiger partial charge in [0.05, 0.1) is 18.4 Å². The average molecular weight is 240 g/mol. The Balaban J connectivity index is 1.81. The summed E-state index contributed by atoms with van der Waals surface area (Å²) >= 11 is 5.83. The molecule has 88 valence electrons. The maximum atomic E-state index is 5.88. The zero-order chi connectivity index (χ0) is 11.2. The van der Waals surface area contributed by atoms with E-state index >= 15 is 0 Å². The third-order valence-corrected chi connectivity index (χ3v) is 3.25. The molecule has 1 heterocycles. The molecular weight excluding hydrogens is 222 g/mol. The molecule has 2 rings (SSSR count). The molecule has 1 saturated carbocycles. The summed E-state index contributed by atoms with van der Waals surface area (Å²) in [7, 11) is 0. The molecule has 2 nitrogen and oxygen atoms in total. The molecule has 0 radical (unpaired) electrons. The summed E-state index contributed by atoms with van der Waals surface area (Å²) in [6.07, 6.45) is 8.12. The predicted octanol–water partition coefficient (Wildman–Crippen LogP) is 3.97. The van der Waals surface area contributed by atoms with Gasteiger partial charge in [0.15, 0.2) is 0 Å². The maximum absolute atomic E-state index is 5.88. The Morgan fingerprint density at radius 2 is 1.94 bits per heavy atom. The smallest absolute Gasteiger partial charge is 0.129 e. The Kier molecular flexibility index (Phi) is 4.61. The number of pyridine rings is 1. The largest absolute Gasteiger partial charge is 0.372 e. The highest BCUT2D eigenvalue weighted by molar-refractivity contribution is 6.29. The second kappa shape index (κ2) is 6.21. The molecule has 0 spiro atoms. The van der Waals surface area contributed by atoms with Gasteiger partial charge in [-0.25, -0.2) is 4.98 Å². The van der Waals surface area contributed by atoms with Crippen molar-refractivity contribution in [1.29, 1.82) is 0 Å². The van der Waals surface area contributed by atoms with Crippen LogP contribution in [0.2, 0.25) is 5.15 Å². The van der Waals surface area contributed by atoms with Crippen molar-refractivity contribution in [3.8, 4) is 0 Å². The molecule has 0 saturated heterocycles. The topological polar surface area (TPSA) is 22.1 Å². The van der Waals surface area contributed by atoms with Crippen LogP contribution in [0.1, 0.15) is 44.2 Å². The van der Waals surface area contributed by atoms with E-state index in [2.05, 4.69) is 4.98 Å². The maximum Gasteiger partial charge on any atom is 0.129 e. The monoisotopic (exact) mass is 239 g/mol. The van der Waals surface area contributed by atoms with Crippen LogP contribution in [0.4, 0.5) is 0 Å². The highest BCUT2D eigenvalue weighted by Gasteiger charge is 2.12. The average Bonchev–Trinajstić information content (AvgIpc) is 2.55. The van der Waals surface area contributed by atoms with Crippen LogP contribution in [0, 0.1) is 0 Å². The summed E-state index contributed by atoms with van der Waals surface area (Å²) in [5, 5.41) is 0.543. The van der Waals surface area contributed by atoms with E-state index in [1.807, 2.05) is 12.1 Å². The van der Waals surface area contributed by atoms with E-state index in [0.717, 1.165) is 5.69 Å². The molecule has 0 N–H and O–H groups in total. The number of hydrogen-bond acceptors (Lipinski definition) is 2. The number of nitrogens with zero attached hydrogens (tertiary/aromatic N) is 1. The van der Waals surface area contributed by atoms with Gasteiger partial charge < -0.3 is 4.74 Å². The third-order valence-electron chi connectivity index (χ3n) is 3.04. The SMILES string of the molecule is Clc1cccc(COC2CCCCCC2)n1. The lowest BCUT2D eigenvalue weighted by Gasteiger charge is -2.14. The fourth-order valence-electron chi connectivity index (χ4n) is 2.14. The normalized spacial score (nSPS) is 18.3. The van der Waals surface area contributed by atoms with Crippen molar-refractivity contribution in [3.05, 3.63) is 29.0 Å². The third kappa shape index (κ3) is 3.76. The summed E-state index contributed by atoms with van der Waals surface area (Å²) in [5.41, 5.74) is 0.928. The number of halogens is 1. The second-order valence-corrected chi connectivity index (χ2v) is 4.76. The zero-order valence-corrected chi connectivity index (χ0v) is 10.2. The quantitative estimate of drug-likeness (QED) is 0.588. The van der Waals surface area contributed by atoms with E-state index < -0.39 is 0 Å². The first-order valence-corrected chi connectivity index (χ1v) is 6.45. The van der Waals surface area contributed by atoms with E-state index in [0.29, 0.717) is 17.9 Å². The predicted molar refractivity (Wildman–Crippen MR) is 65.5 cm³/mol. The highest BCUT2D eigenvalue weighted by atomic mass is 35.5. The van der Waals surface area contributed by atoms with Crippen LogP contribution in [0.3, 0.4) is 0 Å². The molecule has 0 unspecified atom stereocenters. The van der Waals surface area contributed by atoms with Crippen LogP contribution < -0.4 is 0 Å². The van der Waals surface area contributed by atoms with Gasteiger partial charge in [0.1, 0.15) is 5.15 Å². The fourth-order valence-corrected chi connectivity index (χ4v) is 2.32. The lowest BCUT2D eigenvalue weighted by atomic mass is 10.1. The molecule has 1 aromatic heterocycles. The fraction of sp³-hybridized carbons (Fsp3) is 0.615. The van der Waals surface area contributed by atoms with Gasteiger partial charge in [0.25, 0.3) is 0 Å². The molecular formula is C13H18ClNO. The summed E-state index contributed by atoms with van der Waals surface area (Å²) in [6.45, 7) is 0.589. The van der Waals surface area contributed by atoms with Crippen LogP contribution in [0.15, 0.2) is 18.2 Å². The first kappa shape index (κ1) is 11.9. The van der Waals surface area contributed by atoms with Gasteiger partial charge in [0, 0.05) is 0 Å². The lowest BCUT2D eigenvalue weighted by Crippen LogP contribution is -2.11. The van der Waals surface area contributed by atoms with Crippen LogP contribution >= 0.6 is 11.6 Å². The van der Waals surface area contributed by atoms with Gasteiger partial charge in [-0.2, -0.15) is 0 Å². The van der Waals surface area contributed by atoms with Crippen LogP contribution in [-0.4, -0.2) is 11.1 Å². The van der Waals surface area contributed by atoms with Crippen molar-refractivity contribution in [1.82, 2.24) is 4.98 Å². The van der Waals surface area contributed by atoms with Gasteiger partial charge in [-0.05, 0) is 25.0 Å². The van der Waals surface area contributed by atoms with Crippen LogP contribution in [0.25, 0.3) is 0 Å². The zero-order valence-electron chi connectivity index (χ0n) is 9.49. The van der Waals surface area contributed by atoms with Crippen molar-refractivity contribution in [3.63, 3.8) is 0 Å². The second-order valence-electron chi connectivity index (χ2n) is 4.38. The van der Waals surface area contributed by atoms with Gasteiger partial charge in [-0.15, -0.1) is 0 Å². The van der Waals surface area contributed by atoms with Crippen LogP contribution in [0.5, 0.6) is 0 Å². The van der Waals surface area contributed by atoms with E-state index in [-0.39, 0.29) is 0 Å². The first-order chi connectivity index (χ1) is 7.84. The van der Waals surface area contributed by atoms with Gasteiger partial charge in [-0.3, -0.25) is 0 Å². The molecule has 1 aliphatic rings. The number of ether oxygens (including phenoxy) is 1. The summed E-state index contributed by atoms with van der Waals surface area (Å²) in [4.78, 5) is 4.22. The standard InChI is InChI=1S/C13H18ClNO/c14-13-9-5-6-11(15-13)10-16-12-7-3-1-2-4-8-12/h5-6,9,12H,1-4,7-8,10H2. The van der Waals surface area contributed by atoms with Gasteiger partial charge in [-0.1, -0.05) is 43.4 Å². The minimum Gasteiger partial charge on any atom is -0.372 e. The first-order valence-electron chi connectivity index (χ1n) is 6.07. The number of rotatable bonds is 3. The molecule has 0 aliphatic heterocycles. The molecule has 0 bridgehead atoms. The minimum atomic E-state index is 0.420. The van der Waals surface area contributed by atoms with E-state index in [9.17, 15) is 0 Å². The van der Waals surface area contributed by atoms with Gasteiger partial charge in [0.2, 0.25) is 0 Å². The molecule has 0 atom stereocenters. The van der Waals surface area contributed by atoms with E-state index in [4.69, 9.17) is 16.3 Å². The molecule has 3 heteroatoms. The van der Waals surface area contributed by atoms with E-state index in [1.165, 1.54) is 38.5 Å². The number of hydrogen-bond donors (Lipinski definition) is 0. The van der Waals surface area contributed by atoms with Gasteiger partial charge >= 0.3 is 0 Å². The molecule has 0 amide bonds.